The lowest BCUT2D eigenvalue weighted by molar-refractivity contribution is 0.0545. The van der Waals surface area contributed by atoms with E-state index in [1.165, 1.54) is 11.1 Å². The summed E-state index contributed by atoms with van der Waals surface area (Å²) in [5, 5.41) is 3.10. The molecule has 1 aromatic carbocycles. The molecule has 0 aromatic heterocycles. The van der Waals surface area contributed by atoms with Crippen LogP contribution in [0.15, 0.2) is 24.3 Å². The Labute approximate surface area is 99.0 Å². The predicted molar refractivity (Wildman–Crippen MR) is 68.7 cm³/mol. The van der Waals surface area contributed by atoms with Gasteiger partial charge in [0.1, 0.15) is 0 Å². The minimum absolute atomic E-state index is 0.259. The van der Waals surface area contributed by atoms with Gasteiger partial charge >= 0.3 is 0 Å². The molecule has 0 aliphatic heterocycles. The summed E-state index contributed by atoms with van der Waals surface area (Å²) in [7, 11) is 1.94. The molecule has 0 heterocycles. The summed E-state index contributed by atoms with van der Waals surface area (Å²) in [5.74, 6) is 0.596. The first-order chi connectivity index (χ1) is 7.63. The third-order valence-corrected chi connectivity index (χ3v) is 2.67. The van der Waals surface area contributed by atoms with Crippen molar-refractivity contribution < 1.29 is 4.74 Å². The highest BCUT2D eigenvalue weighted by atomic mass is 16.5. The zero-order valence-corrected chi connectivity index (χ0v) is 10.8. The number of likely N-dealkylation sites (N-methyl/N-ethyl adjacent to an activating group) is 1. The molecule has 16 heavy (non-hydrogen) atoms. The van der Waals surface area contributed by atoms with Crippen LogP contribution in [0.25, 0.3) is 0 Å². The molecule has 0 saturated heterocycles. The van der Waals surface area contributed by atoms with Crippen LogP contribution in [0.5, 0.6) is 0 Å². The average Bonchev–Trinajstić information content (AvgIpc) is 2.27. The maximum Gasteiger partial charge on any atom is 0.0721 e. The highest BCUT2D eigenvalue weighted by Gasteiger charge is 2.02. The Morgan fingerprint density at radius 2 is 1.75 bits per heavy atom. The topological polar surface area (TPSA) is 21.3 Å². The van der Waals surface area contributed by atoms with Crippen LogP contribution in [0.2, 0.25) is 0 Å². The molecule has 2 heteroatoms. The van der Waals surface area contributed by atoms with Gasteiger partial charge in [-0.15, -0.1) is 0 Å². The first-order valence-electron chi connectivity index (χ1n) is 5.98. The highest BCUT2D eigenvalue weighted by Crippen LogP contribution is 2.15. The van der Waals surface area contributed by atoms with Gasteiger partial charge in [0.25, 0.3) is 0 Å². The van der Waals surface area contributed by atoms with Gasteiger partial charge in [-0.1, -0.05) is 38.1 Å². The van der Waals surface area contributed by atoms with Crippen LogP contribution in [0.1, 0.15) is 37.8 Å². The zero-order valence-electron chi connectivity index (χ0n) is 10.8. The smallest absolute Gasteiger partial charge is 0.0721 e. The molecule has 1 atom stereocenters. The lowest BCUT2D eigenvalue weighted by Gasteiger charge is -2.13. The number of benzene rings is 1. The first-order valence-corrected chi connectivity index (χ1v) is 5.98. The molecule has 0 amide bonds. The Morgan fingerprint density at radius 3 is 2.25 bits per heavy atom. The Balaban J connectivity index is 2.43. The maximum atomic E-state index is 5.71. The van der Waals surface area contributed by atoms with Crippen molar-refractivity contribution in [3.63, 3.8) is 0 Å². The molecule has 0 fully saturated rings. The van der Waals surface area contributed by atoms with Gasteiger partial charge < -0.3 is 10.1 Å². The van der Waals surface area contributed by atoms with Gasteiger partial charge in [-0.3, -0.25) is 0 Å². The van der Waals surface area contributed by atoms with E-state index in [4.69, 9.17) is 4.74 Å². The Bertz CT molecular complexity index is 292. The van der Waals surface area contributed by atoms with Gasteiger partial charge in [0, 0.05) is 6.54 Å². The molecule has 0 radical (unpaired) electrons. The van der Waals surface area contributed by atoms with Crippen molar-refractivity contribution in [1.29, 1.82) is 0 Å². The molecule has 0 bridgehead atoms. The van der Waals surface area contributed by atoms with Crippen molar-refractivity contribution in [3.05, 3.63) is 35.4 Å². The minimum Gasteiger partial charge on any atom is -0.373 e. The molecule has 90 valence electrons. The van der Waals surface area contributed by atoms with E-state index in [0.29, 0.717) is 12.5 Å². The van der Waals surface area contributed by atoms with E-state index in [9.17, 15) is 0 Å². The standard InChI is InChI=1S/C14H23NO/c1-11(2)14-7-5-13(6-8-14)10-16-12(3)9-15-4/h5-8,11-12,15H,9-10H2,1-4H3. The van der Waals surface area contributed by atoms with Crippen LogP contribution >= 0.6 is 0 Å². The van der Waals surface area contributed by atoms with Crippen molar-refractivity contribution in [2.75, 3.05) is 13.6 Å². The van der Waals surface area contributed by atoms with Gasteiger partial charge in [-0.25, -0.2) is 0 Å². The molecule has 1 N–H and O–H groups in total. The summed E-state index contributed by atoms with van der Waals surface area (Å²) in [6, 6.07) is 8.68. The maximum absolute atomic E-state index is 5.71. The average molecular weight is 221 g/mol. The van der Waals surface area contributed by atoms with Gasteiger partial charge in [-0.05, 0) is 31.0 Å². The van der Waals surface area contributed by atoms with Crippen LogP contribution in [-0.2, 0) is 11.3 Å². The van der Waals surface area contributed by atoms with Crippen LogP contribution in [-0.4, -0.2) is 19.7 Å². The van der Waals surface area contributed by atoms with Gasteiger partial charge in [0.05, 0.1) is 12.7 Å². The largest absolute Gasteiger partial charge is 0.373 e. The van der Waals surface area contributed by atoms with E-state index in [1.807, 2.05) is 7.05 Å². The fourth-order valence-electron chi connectivity index (χ4n) is 1.58. The zero-order chi connectivity index (χ0) is 12.0. The van der Waals surface area contributed by atoms with E-state index in [0.717, 1.165) is 6.54 Å². The van der Waals surface area contributed by atoms with Crippen LogP contribution < -0.4 is 5.32 Å². The third kappa shape index (κ3) is 4.33. The van der Waals surface area contributed by atoms with E-state index in [-0.39, 0.29) is 6.10 Å². The lowest BCUT2D eigenvalue weighted by Crippen LogP contribution is -2.23. The summed E-state index contributed by atoms with van der Waals surface area (Å²) in [4.78, 5) is 0. The second-order valence-electron chi connectivity index (χ2n) is 4.58. The number of hydrogen-bond donors (Lipinski definition) is 1. The normalized spacial score (nSPS) is 13.1. The molecule has 2 nitrogen and oxygen atoms in total. The number of rotatable bonds is 6. The monoisotopic (exact) mass is 221 g/mol. The Morgan fingerprint density at radius 1 is 1.12 bits per heavy atom. The van der Waals surface area contributed by atoms with Crippen LogP contribution in [0.4, 0.5) is 0 Å². The summed E-state index contributed by atoms with van der Waals surface area (Å²) in [6.07, 6.45) is 0.259. The second-order valence-corrected chi connectivity index (χ2v) is 4.58. The fourth-order valence-corrected chi connectivity index (χ4v) is 1.58. The predicted octanol–water partition coefficient (Wildman–Crippen LogP) is 2.93. The first kappa shape index (κ1) is 13.2. The van der Waals surface area contributed by atoms with Gasteiger partial charge in [0.2, 0.25) is 0 Å². The SMILES string of the molecule is CNCC(C)OCc1ccc(C(C)C)cc1. The van der Waals surface area contributed by atoms with Crippen LogP contribution in [0, 0.1) is 0 Å². The minimum atomic E-state index is 0.259. The molecule has 0 aliphatic rings. The molecule has 0 aliphatic carbocycles. The summed E-state index contributed by atoms with van der Waals surface area (Å²) >= 11 is 0. The fraction of sp³-hybridized carbons (Fsp3) is 0.571. The molecule has 1 rings (SSSR count). The van der Waals surface area contributed by atoms with Crippen molar-refractivity contribution >= 4 is 0 Å². The molecular formula is C14H23NO. The number of ether oxygens (including phenoxy) is 1. The third-order valence-electron chi connectivity index (χ3n) is 2.67. The number of hydrogen-bond acceptors (Lipinski definition) is 2. The highest BCUT2D eigenvalue weighted by molar-refractivity contribution is 5.24. The van der Waals surface area contributed by atoms with Gasteiger partial charge in [0.15, 0.2) is 0 Å². The van der Waals surface area contributed by atoms with Crippen molar-refractivity contribution in [3.8, 4) is 0 Å². The molecule has 0 spiro atoms. The summed E-state index contributed by atoms with van der Waals surface area (Å²) < 4.78 is 5.71. The molecule has 0 saturated carbocycles. The van der Waals surface area contributed by atoms with Crippen LogP contribution in [0.3, 0.4) is 0 Å². The Kier molecular flexibility index (Phi) is 5.50. The second kappa shape index (κ2) is 6.66. The summed E-state index contributed by atoms with van der Waals surface area (Å²) in [6.45, 7) is 8.09. The number of nitrogens with one attached hydrogen (secondary N) is 1. The van der Waals surface area contributed by atoms with Crippen molar-refractivity contribution in [1.82, 2.24) is 5.32 Å². The van der Waals surface area contributed by atoms with E-state index in [1.54, 1.807) is 0 Å². The molecule has 1 unspecified atom stereocenters. The molecule has 1 aromatic rings. The van der Waals surface area contributed by atoms with E-state index >= 15 is 0 Å². The van der Waals surface area contributed by atoms with E-state index < -0.39 is 0 Å². The Hall–Kier alpha value is -0.860. The lowest BCUT2D eigenvalue weighted by atomic mass is 10.0. The quantitative estimate of drug-likeness (QED) is 0.797. The van der Waals surface area contributed by atoms with Crippen molar-refractivity contribution in [2.45, 2.75) is 39.4 Å². The van der Waals surface area contributed by atoms with Crippen molar-refractivity contribution in [2.24, 2.45) is 0 Å². The van der Waals surface area contributed by atoms with Gasteiger partial charge in [-0.2, -0.15) is 0 Å². The molecular weight excluding hydrogens is 198 g/mol. The summed E-state index contributed by atoms with van der Waals surface area (Å²) in [5.41, 5.74) is 2.62. The van der Waals surface area contributed by atoms with E-state index in [2.05, 4.69) is 50.4 Å².